The summed E-state index contributed by atoms with van der Waals surface area (Å²) in [7, 11) is 0. The van der Waals surface area contributed by atoms with E-state index in [-0.39, 0.29) is 18.2 Å². The molecular formula is C23H24F3N3O4. The number of carbonyl (C=O) groups is 1. The predicted molar refractivity (Wildman–Crippen MR) is 109 cm³/mol. The van der Waals surface area contributed by atoms with Crippen molar-refractivity contribution in [3.8, 4) is 6.07 Å². The van der Waals surface area contributed by atoms with Crippen LogP contribution in [0.5, 0.6) is 0 Å². The summed E-state index contributed by atoms with van der Waals surface area (Å²) in [5, 5.41) is 9.11. The van der Waals surface area contributed by atoms with Crippen LogP contribution >= 0.6 is 0 Å². The monoisotopic (exact) mass is 463 g/mol. The molecule has 1 spiro atoms. The van der Waals surface area contributed by atoms with Crippen molar-refractivity contribution in [3.05, 3.63) is 41.1 Å². The first kappa shape index (κ1) is 22.2. The minimum Gasteiger partial charge on any atom is -0.357 e. The number of ether oxygens (including phenoxy) is 2. The smallest absolute Gasteiger partial charge is 0.357 e. The van der Waals surface area contributed by atoms with E-state index in [9.17, 15) is 18.0 Å². The molecule has 0 saturated carbocycles. The Morgan fingerprint density at radius 3 is 2.67 bits per heavy atom. The van der Waals surface area contributed by atoms with Gasteiger partial charge >= 0.3 is 6.18 Å². The van der Waals surface area contributed by atoms with Crippen molar-refractivity contribution in [2.75, 3.05) is 11.5 Å². The highest BCUT2D eigenvalue weighted by Gasteiger charge is 2.76. The van der Waals surface area contributed by atoms with Gasteiger partial charge in [0.15, 0.2) is 0 Å². The van der Waals surface area contributed by atoms with Crippen molar-refractivity contribution in [2.24, 2.45) is 11.8 Å². The molecule has 0 unspecified atom stereocenters. The molecule has 2 bridgehead atoms. The van der Waals surface area contributed by atoms with E-state index < -0.39 is 52.2 Å². The van der Waals surface area contributed by atoms with Gasteiger partial charge in [-0.2, -0.15) is 18.4 Å². The first-order valence-corrected chi connectivity index (χ1v) is 10.7. The van der Waals surface area contributed by atoms with Crippen molar-refractivity contribution in [1.82, 2.24) is 5.48 Å². The lowest BCUT2D eigenvalue weighted by Gasteiger charge is -2.43. The van der Waals surface area contributed by atoms with Crippen LogP contribution in [-0.4, -0.2) is 35.5 Å². The van der Waals surface area contributed by atoms with Gasteiger partial charge < -0.3 is 9.47 Å². The number of hydrogen-bond donors (Lipinski definition) is 1. The molecule has 1 aromatic rings. The molecule has 0 aromatic heterocycles. The van der Waals surface area contributed by atoms with Crippen molar-refractivity contribution in [3.63, 3.8) is 0 Å². The molecule has 1 aromatic carbocycles. The summed E-state index contributed by atoms with van der Waals surface area (Å²) in [5.41, 5.74) is -0.0977. The van der Waals surface area contributed by atoms with Crippen molar-refractivity contribution in [2.45, 2.75) is 63.3 Å². The molecule has 4 aliphatic rings. The maximum Gasteiger partial charge on any atom is 0.417 e. The second-order valence-corrected chi connectivity index (χ2v) is 10.1. The van der Waals surface area contributed by atoms with E-state index in [1.807, 2.05) is 33.8 Å². The van der Waals surface area contributed by atoms with Crippen molar-refractivity contribution in [1.29, 1.82) is 5.26 Å². The van der Waals surface area contributed by atoms with Gasteiger partial charge in [0, 0.05) is 12.1 Å². The van der Waals surface area contributed by atoms with Crippen LogP contribution in [0.2, 0.25) is 0 Å². The standard InChI is InChI=1S/C23H24F3N3O4/c1-20(2,3)33-28-15-10-21(4)16-17-19(31-8-7-22(15,17)32-21)29(18(16)30)13-6-5-12(11-27)14(9-13)23(24,25)26/h5-6,9-10,16-17,19,28H,7-8H2,1-4H3/t16-,17+,19+,21-,22+/m1/s1. The zero-order valence-corrected chi connectivity index (χ0v) is 18.6. The first-order chi connectivity index (χ1) is 15.3. The Bertz CT molecular complexity index is 1110. The molecule has 1 amide bonds. The number of hydroxylamine groups is 1. The largest absolute Gasteiger partial charge is 0.417 e. The summed E-state index contributed by atoms with van der Waals surface area (Å²) in [6.45, 7) is 7.75. The molecule has 3 saturated heterocycles. The van der Waals surface area contributed by atoms with E-state index in [0.717, 1.165) is 12.1 Å². The third kappa shape index (κ3) is 3.10. The molecule has 176 valence electrons. The average molecular weight is 463 g/mol. The number of nitrogens with zero attached hydrogens (tertiary/aromatic N) is 2. The van der Waals surface area contributed by atoms with E-state index in [4.69, 9.17) is 19.6 Å². The molecule has 0 radical (unpaired) electrons. The predicted octanol–water partition coefficient (Wildman–Crippen LogP) is 3.65. The lowest BCUT2D eigenvalue weighted by atomic mass is 9.68. The van der Waals surface area contributed by atoms with E-state index in [1.165, 1.54) is 11.0 Å². The molecule has 7 nitrogen and oxygen atoms in total. The van der Waals surface area contributed by atoms with Crippen molar-refractivity contribution < 1.29 is 32.3 Å². The summed E-state index contributed by atoms with van der Waals surface area (Å²) in [5.74, 6) is -1.40. The van der Waals surface area contributed by atoms with Gasteiger partial charge in [-0.15, -0.1) is 0 Å². The van der Waals surface area contributed by atoms with Crippen LogP contribution in [0.25, 0.3) is 0 Å². The van der Waals surface area contributed by atoms with Crippen LogP contribution < -0.4 is 10.4 Å². The number of rotatable bonds is 3. The number of anilines is 1. The Hall–Kier alpha value is -2.61. The highest BCUT2D eigenvalue weighted by atomic mass is 19.4. The molecule has 5 rings (SSSR count). The molecule has 1 N–H and O–H groups in total. The number of halogens is 3. The molecule has 0 aliphatic carbocycles. The van der Waals surface area contributed by atoms with Crippen molar-refractivity contribution >= 4 is 11.6 Å². The minimum atomic E-state index is -4.73. The summed E-state index contributed by atoms with van der Waals surface area (Å²) >= 11 is 0. The lowest BCUT2D eigenvalue weighted by Crippen LogP contribution is -2.54. The van der Waals surface area contributed by atoms with Gasteiger partial charge in [0.25, 0.3) is 0 Å². The van der Waals surface area contributed by atoms with Gasteiger partial charge in [0.05, 0.1) is 52.5 Å². The fourth-order valence-electron chi connectivity index (χ4n) is 5.62. The van der Waals surface area contributed by atoms with Crippen LogP contribution in [0.3, 0.4) is 0 Å². The quantitative estimate of drug-likeness (QED) is 0.689. The molecule has 3 fully saturated rings. The van der Waals surface area contributed by atoms with E-state index >= 15 is 0 Å². The number of alkyl halides is 3. The Morgan fingerprint density at radius 1 is 1.30 bits per heavy atom. The number of nitrogens with one attached hydrogen (secondary N) is 1. The van der Waals surface area contributed by atoms with Crippen LogP contribution in [0.1, 0.15) is 45.2 Å². The number of hydrogen-bond acceptors (Lipinski definition) is 6. The Balaban J connectivity index is 1.55. The maximum absolute atomic E-state index is 13.6. The number of fused-ring (bicyclic) bond motifs is 2. The number of benzene rings is 1. The highest BCUT2D eigenvalue weighted by molar-refractivity contribution is 6.00. The fourth-order valence-corrected chi connectivity index (χ4v) is 5.62. The van der Waals surface area contributed by atoms with Crippen LogP contribution in [0.4, 0.5) is 18.9 Å². The maximum atomic E-state index is 13.6. The van der Waals surface area contributed by atoms with Gasteiger partial charge in [0.2, 0.25) is 5.91 Å². The van der Waals surface area contributed by atoms with Gasteiger partial charge in [-0.1, -0.05) is 0 Å². The van der Waals surface area contributed by atoms with Crippen LogP contribution in [-0.2, 0) is 25.3 Å². The zero-order valence-electron chi connectivity index (χ0n) is 18.6. The third-order valence-electron chi connectivity index (χ3n) is 6.81. The van der Waals surface area contributed by atoms with E-state index in [0.29, 0.717) is 12.1 Å². The second kappa shape index (κ2) is 6.72. The fraction of sp³-hybridized carbons (Fsp3) is 0.565. The molecular weight excluding hydrogens is 439 g/mol. The minimum absolute atomic E-state index is 0.0474. The summed E-state index contributed by atoms with van der Waals surface area (Å²) < 4.78 is 53.1. The summed E-state index contributed by atoms with van der Waals surface area (Å²) in [6.07, 6.45) is -3.20. The number of carbonyl (C=O) groups excluding carboxylic acids is 1. The van der Waals surface area contributed by atoms with Crippen LogP contribution in [0, 0.1) is 23.2 Å². The van der Waals surface area contributed by atoms with Gasteiger partial charge in [-0.3, -0.25) is 20.0 Å². The zero-order chi connectivity index (χ0) is 24.0. The summed E-state index contributed by atoms with van der Waals surface area (Å²) in [6, 6.07) is 4.87. The lowest BCUT2D eigenvalue weighted by molar-refractivity contribution is -0.145. The summed E-state index contributed by atoms with van der Waals surface area (Å²) in [4.78, 5) is 20.7. The Labute approximate surface area is 189 Å². The SMILES string of the molecule is CC(C)(C)ONC1=C[C@@]2(C)O[C@@]13CCO[C@H]1[C@@H]3[C@@H]2C(=O)N1c1ccc(C#N)c(C(F)(F)F)c1. The second-order valence-electron chi connectivity index (χ2n) is 10.1. The third-order valence-corrected chi connectivity index (χ3v) is 6.81. The first-order valence-electron chi connectivity index (χ1n) is 10.7. The molecule has 33 heavy (non-hydrogen) atoms. The number of amides is 1. The van der Waals surface area contributed by atoms with Gasteiger partial charge in [-0.05, 0) is 52.0 Å². The van der Waals surface area contributed by atoms with Gasteiger partial charge in [0.1, 0.15) is 11.8 Å². The van der Waals surface area contributed by atoms with E-state index in [2.05, 4.69) is 5.48 Å². The van der Waals surface area contributed by atoms with E-state index in [1.54, 1.807) is 6.07 Å². The Kier molecular flexibility index (Phi) is 4.52. The van der Waals surface area contributed by atoms with Gasteiger partial charge in [-0.25, -0.2) is 0 Å². The highest BCUT2D eigenvalue weighted by Crippen LogP contribution is 2.64. The molecule has 5 atom stereocenters. The average Bonchev–Trinajstić information content (AvgIpc) is 3.28. The molecule has 4 heterocycles. The Morgan fingerprint density at radius 2 is 2.03 bits per heavy atom. The number of nitriles is 1. The molecule has 10 heteroatoms. The normalized spacial score (nSPS) is 34.8. The topological polar surface area (TPSA) is 83.8 Å². The molecule has 4 aliphatic heterocycles. The van der Waals surface area contributed by atoms with Crippen LogP contribution in [0.15, 0.2) is 30.0 Å².